The van der Waals surface area contributed by atoms with Crippen molar-refractivity contribution in [2.75, 3.05) is 19.8 Å². The van der Waals surface area contributed by atoms with Gasteiger partial charge in [-0.1, -0.05) is 6.08 Å². The van der Waals surface area contributed by atoms with Crippen LogP contribution < -0.4 is 5.32 Å². The zero-order valence-electron chi connectivity index (χ0n) is 22.9. The Kier molecular flexibility index (Phi) is 12.9. The highest BCUT2D eigenvalue weighted by atomic mass is 16.8. The molecule has 0 amide bonds. The van der Waals surface area contributed by atoms with E-state index in [0.717, 1.165) is 0 Å². The van der Waals surface area contributed by atoms with Gasteiger partial charge in [0.15, 0.2) is 24.7 Å². The molecule has 19 nitrogen and oxygen atoms in total. The van der Waals surface area contributed by atoms with Gasteiger partial charge in [0.1, 0.15) is 67.1 Å². The molecule has 0 bridgehead atoms. The third-order valence-electron chi connectivity index (χ3n) is 7.64. The van der Waals surface area contributed by atoms with E-state index in [1.54, 1.807) is 0 Å². The molecule has 0 spiro atoms. The molecular weight excluding hydrogens is 590 g/mol. The molecule has 0 aromatic rings. The Morgan fingerprint density at radius 3 is 2.07 bits per heavy atom. The molecule has 2 saturated heterocycles. The topological polar surface area (TPSA) is 329 Å². The van der Waals surface area contributed by atoms with Crippen LogP contribution in [0.5, 0.6) is 0 Å². The van der Waals surface area contributed by atoms with Gasteiger partial charge in [0.2, 0.25) is 0 Å². The molecule has 3 rings (SSSR count). The number of aliphatic hydroxyl groups is 13. The lowest BCUT2D eigenvalue weighted by Crippen LogP contribution is -2.68. The Hall–Kier alpha value is -1.31. The zero-order chi connectivity index (χ0) is 32.3. The second kappa shape index (κ2) is 15.3. The van der Waals surface area contributed by atoms with E-state index in [1.807, 2.05) is 0 Å². The number of carbonyl (C=O) groups is 1. The summed E-state index contributed by atoms with van der Waals surface area (Å²) in [6, 6.07) is -2.23. The normalized spacial score (nSPS) is 44.4. The van der Waals surface area contributed by atoms with Gasteiger partial charge < -0.3 is 90.6 Å². The van der Waals surface area contributed by atoms with E-state index < -0.39 is 130 Å². The van der Waals surface area contributed by atoms with Gasteiger partial charge in [-0.2, -0.15) is 0 Å². The SMILES string of the molecule is C[C@H]1O[C@@H](OC2C(O)[C@@H](O)[C@@H](OC(C(=O)C(O)CO)[C@H](O)CO)O[C@H]2O)C(O)[C@@H](O)C1NC1C=C(CO)[C@@H](O)C(O)[C@H]1O. The number of aliphatic hydroxyl groups excluding tert-OH is 13. The van der Waals surface area contributed by atoms with Crippen molar-refractivity contribution < 1.29 is 90.1 Å². The smallest absolute Gasteiger partial charge is 0.195 e. The number of hydrogen-bond acceptors (Lipinski definition) is 19. The Balaban J connectivity index is 1.67. The molecule has 8 unspecified atom stereocenters. The standard InChI is InChI=1S/C24H41NO18/c1-6-11(25-8-2-7(3-26)12(31)16(35)13(8)32)15(34)18(37)23(40-6)42-21-17(36)19(38)24(43-22(21)39)41-20(10(30)5-28)14(33)9(29)4-27/h2,6,8-13,15-32,34-39H,3-5H2,1H3/t6-,8?,9?,10-,11?,12-,13+,15+,16?,17?,18?,19-,20?,21?,22-,23+,24+/m1/s1. The van der Waals surface area contributed by atoms with E-state index in [2.05, 4.69) is 5.32 Å². The summed E-state index contributed by atoms with van der Waals surface area (Å²) in [5.74, 6) is -1.30. The number of nitrogens with one attached hydrogen (secondary N) is 1. The summed E-state index contributed by atoms with van der Waals surface area (Å²) >= 11 is 0. The summed E-state index contributed by atoms with van der Waals surface area (Å²) < 4.78 is 21.2. The van der Waals surface area contributed by atoms with Gasteiger partial charge in [-0.25, -0.2) is 0 Å². The van der Waals surface area contributed by atoms with Crippen LogP contribution in [-0.2, 0) is 23.7 Å². The van der Waals surface area contributed by atoms with E-state index >= 15 is 0 Å². The van der Waals surface area contributed by atoms with E-state index in [4.69, 9.17) is 24.1 Å². The highest BCUT2D eigenvalue weighted by Gasteiger charge is 2.52. The van der Waals surface area contributed by atoms with Gasteiger partial charge >= 0.3 is 0 Å². The van der Waals surface area contributed by atoms with Crippen LogP contribution in [0.2, 0.25) is 0 Å². The largest absolute Gasteiger partial charge is 0.394 e. The molecule has 14 N–H and O–H groups in total. The van der Waals surface area contributed by atoms with E-state index in [-0.39, 0.29) is 5.57 Å². The number of carbonyl (C=O) groups excluding carboxylic acids is 1. The first kappa shape index (κ1) is 36.2. The number of hydrogen-bond donors (Lipinski definition) is 14. The average molecular weight is 632 g/mol. The molecule has 250 valence electrons. The number of Topliss-reactive ketones (excluding diaryl/α,β-unsaturated/α-hetero) is 1. The second-order valence-corrected chi connectivity index (χ2v) is 10.6. The predicted molar refractivity (Wildman–Crippen MR) is 134 cm³/mol. The molecule has 2 fully saturated rings. The number of ketones is 1. The summed E-state index contributed by atoms with van der Waals surface area (Å²) in [5.41, 5.74) is 0.00294. The molecule has 0 saturated carbocycles. The Bertz CT molecular complexity index is 942. The molecule has 2 heterocycles. The molecule has 3 aliphatic rings. The van der Waals surface area contributed by atoms with E-state index in [9.17, 15) is 66.1 Å². The van der Waals surface area contributed by atoms with Crippen molar-refractivity contribution in [3.8, 4) is 0 Å². The van der Waals surface area contributed by atoms with Crippen LogP contribution in [0.25, 0.3) is 0 Å². The summed E-state index contributed by atoms with van der Waals surface area (Å²) in [6.07, 6.45) is -26.1. The maximum atomic E-state index is 12.3. The molecule has 43 heavy (non-hydrogen) atoms. The molecule has 19 heteroatoms. The molecule has 0 aromatic carbocycles. The van der Waals surface area contributed by atoms with Crippen LogP contribution in [0.1, 0.15) is 6.92 Å². The second-order valence-electron chi connectivity index (χ2n) is 10.6. The minimum atomic E-state index is -2.14. The Morgan fingerprint density at radius 1 is 0.860 bits per heavy atom. The lowest BCUT2D eigenvalue weighted by molar-refractivity contribution is -0.382. The summed E-state index contributed by atoms with van der Waals surface area (Å²) in [5, 5.41) is 133. The average Bonchev–Trinajstić information content (AvgIpc) is 2.99. The molecule has 0 radical (unpaired) electrons. The molecule has 17 atom stereocenters. The van der Waals surface area contributed by atoms with Gasteiger partial charge in [-0.05, 0) is 12.5 Å². The van der Waals surface area contributed by atoms with Crippen molar-refractivity contribution in [1.29, 1.82) is 0 Å². The van der Waals surface area contributed by atoms with Gasteiger partial charge in [-0.15, -0.1) is 0 Å². The first-order chi connectivity index (χ1) is 20.2. The van der Waals surface area contributed by atoms with Crippen LogP contribution in [0.3, 0.4) is 0 Å². The third kappa shape index (κ3) is 7.74. The quantitative estimate of drug-likeness (QED) is 0.0889. The number of ether oxygens (including phenoxy) is 4. The van der Waals surface area contributed by atoms with Crippen LogP contribution in [0.4, 0.5) is 0 Å². The van der Waals surface area contributed by atoms with E-state index in [0.29, 0.717) is 0 Å². The van der Waals surface area contributed by atoms with Gasteiger partial charge in [0.25, 0.3) is 0 Å². The van der Waals surface area contributed by atoms with Crippen LogP contribution in [0, 0.1) is 0 Å². The van der Waals surface area contributed by atoms with Crippen molar-refractivity contribution in [2.45, 2.75) is 111 Å². The minimum absolute atomic E-state index is 0.00294. The minimum Gasteiger partial charge on any atom is -0.394 e. The van der Waals surface area contributed by atoms with Crippen molar-refractivity contribution in [1.82, 2.24) is 5.32 Å². The maximum Gasteiger partial charge on any atom is 0.195 e. The Labute approximate surface area is 244 Å². The third-order valence-corrected chi connectivity index (χ3v) is 7.64. The van der Waals surface area contributed by atoms with Crippen molar-refractivity contribution >= 4 is 5.78 Å². The predicted octanol–water partition coefficient (Wildman–Crippen LogP) is -8.76. The highest BCUT2D eigenvalue weighted by molar-refractivity contribution is 5.87. The Morgan fingerprint density at radius 2 is 1.49 bits per heavy atom. The molecular formula is C24H41NO18. The van der Waals surface area contributed by atoms with Gasteiger partial charge in [0.05, 0.1) is 38.0 Å². The fourth-order valence-corrected chi connectivity index (χ4v) is 5.04. The highest BCUT2D eigenvalue weighted by Crippen LogP contribution is 2.30. The monoisotopic (exact) mass is 631 g/mol. The first-order valence-electron chi connectivity index (χ1n) is 13.4. The van der Waals surface area contributed by atoms with Crippen LogP contribution >= 0.6 is 0 Å². The summed E-state index contributed by atoms with van der Waals surface area (Å²) in [4.78, 5) is 12.3. The zero-order valence-corrected chi connectivity index (χ0v) is 22.9. The van der Waals surface area contributed by atoms with Crippen molar-refractivity contribution in [3.63, 3.8) is 0 Å². The summed E-state index contributed by atoms with van der Waals surface area (Å²) in [6.45, 7) is -1.32. The van der Waals surface area contributed by atoms with Crippen molar-refractivity contribution in [2.24, 2.45) is 0 Å². The van der Waals surface area contributed by atoms with Crippen molar-refractivity contribution in [3.05, 3.63) is 11.6 Å². The fraction of sp³-hybridized carbons (Fsp3) is 0.875. The molecule has 1 aliphatic carbocycles. The maximum absolute atomic E-state index is 12.3. The first-order valence-corrected chi connectivity index (χ1v) is 13.4. The van der Waals surface area contributed by atoms with Gasteiger partial charge in [-0.3, -0.25) is 4.79 Å². The fourth-order valence-electron chi connectivity index (χ4n) is 5.04. The lowest BCUT2D eigenvalue weighted by Gasteiger charge is -2.47. The van der Waals surface area contributed by atoms with E-state index in [1.165, 1.54) is 13.0 Å². The van der Waals surface area contributed by atoms with Crippen LogP contribution in [-0.4, -0.2) is 196 Å². The molecule has 2 aliphatic heterocycles. The lowest BCUT2D eigenvalue weighted by atomic mass is 9.86. The van der Waals surface area contributed by atoms with Gasteiger partial charge in [0, 0.05) is 0 Å². The summed E-state index contributed by atoms with van der Waals surface area (Å²) in [7, 11) is 0. The molecule has 0 aromatic heterocycles. The number of rotatable bonds is 12. The van der Waals surface area contributed by atoms with Crippen LogP contribution in [0.15, 0.2) is 11.6 Å².